The summed E-state index contributed by atoms with van der Waals surface area (Å²) in [4.78, 5) is 11.9. The van der Waals surface area contributed by atoms with E-state index >= 15 is 0 Å². The van der Waals surface area contributed by atoms with Gasteiger partial charge in [0.2, 0.25) is 0 Å². The Labute approximate surface area is 248 Å². The molecular formula is C35H40N2O5. The summed E-state index contributed by atoms with van der Waals surface area (Å²) in [6.07, 6.45) is 1.90. The molecule has 5 rings (SSSR count). The third-order valence-electron chi connectivity index (χ3n) is 7.84. The van der Waals surface area contributed by atoms with Crippen LogP contribution in [-0.4, -0.2) is 52.5 Å². The summed E-state index contributed by atoms with van der Waals surface area (Å²) in [5.74, 6) is 1.84. The fraction of sp³-hybridized carbons (Fsp3) is 0.343. The van der Waals surface area contributed by atoms with Crippen molar-refractivity contribution in [2.45, 2.75) is 38.0 Å². The summed E-state index contributed by atoms with van der Waals surface area (Å²) in [5.41, 5.74) is 4.16. The van der Waals surface area contributed by atoms with Gasteiger partial charge in [0.1, 0.15) is 11.5 Å². The number of ether oxygens (including phenoxy) is 4. The minimum atomic E-state index is -0.316. The summed E-state index contributed by atoms with van der Waals surface area (Å²) in [7, 11) is 3.08. The van der Waals surface area contributed by atoms with E-state index in [9.17, 15) is 4.79 Å². The minimum Gasteiger partial charge on any atom is -0.496 e. The summed E-state index contributed by atoms with van der Waals surface area (Å²) in [6.45, 7) is 4.48. The second-order valence-electron chi connectivity index (χ2n) is 10.6. The lowest BCUT2D eigenvalue weighted by Gasteiger charge is -2.33. The Bertz CT molecular complexity index is 1460. The van der Waals surface area contributed by atoms with Crippen LogP contribution in [0.15, 0.2) is 84.9 Å². The SMILES string of the molecule is COC(=O)c1ccc2cc(CNC3CNCC[C@H]3c3ccc(OCCCOCc4ccccc4OC)cc3)ccc2c1. The molecule has 7 nitrogen and oxygen atoms in total. The molecule has 1 aliphatic rings. The van der Waals surface area contributed by atoms with Crippen molar-refractivity contribution in [1.29, 1.82) is 0 Å². The van der Waals surface area contributed by atoms with Crippen molar-refractivity contribution < 1.29 is 23.7 Å². The fourth-order valence-electron chi connectivity index (χ4n) is 5.54. The van der Waals surface area contributed by atoms with Crippen molar-refractivity contribution in [2.24, 2.45) is 0 Å². The zero-order chi connectivity index (χ0) is 29.1. The normalized spacial score (nSPS) is 16.7. The van der Waals surface area contributed by atoms with E-state index in [0.29, 0.717) is 37.3 Å². The van der Waals surface area contributed by atoms with Crippen LogP contribution >= 0.6 is 0 Å². The van der Waals surface area contributed by atoms with Crippen LogP contribution in [0.1, 0.15) is 45.8 Å². The number of carbonyl (C=O) groups is 1. The molecule has 0 bridgehead atoms. The van der Waals surface area contributed by atoms with Gasteiger partial charge in [-0.05, 0) is 71.3 Å². The maximum Gasteiger partial charge on any atom is 0.337 e. The highest BCUT2D eigenvalue weighted by molar-refractivity contribution is 5.95. The van der Waals surface area contributed by atoms with E-state index in [1.807, 2.05) is 42.5 Å². The number of nitrogens with one attached hydrogen (secondary N) is 2. The second-order valence-corrected chi connectivity index (χ2v) is 10.6. The number of hydrogen-bond acceptors (Lipinski definition) is 7. The molecule has 220 valence electrons. The maximum absolute atomic E-state index is 11.9. The van der Waals surface area contributed by atoms with E-state index in [1.165, 1.54) is 18.2 Å². The van der Waals surface area contributed by atoms with E-state index in [1.54, 1.807) is 7.11 Å². The molecule has 1 fully saturated rings. The number of rotatable bonds is 13. The van der Waals surface area contributed by atoms with Crippen molar-refractivity contribution >= 4 is 16.7 Å². The van der Waals surface area contributed by atoms with Gasteiger partial charge >= 0.3 is 5.97 Å². The third-order valence-corrected chi connectivity index (χ3v) is 7.84. The monoisotopic (exact) mass is 568 g/mol. The van der Waals surface area contributed by atoms with Gasteiger partial charge < -0.3 is 29.6 Å². The molecule has 1 unspecified atom stereocenters. The van der Waals surface area contributed by atoms with Crippen LogP contribution in [0, 0.1) is 0 Å². The molecule has 1 heterocycles. The smallest absolute Gasteiger partial charge is 0.337 e. The Kier molecular flexibility index (Phi) is 10.4. The van der Waals surface area contributed by atoms with E-state index in [2.05, 4.69) is 53.1 Å². The van der Waals surface area contributed by atoms with Gasteiger partial charge in [-0.2, -0.15) is 0 Å². The van der Waals surface area contributed by atoms with Gasteiger partial charge in [-0.15, -0.1) is 0 Å². The predicted octanol–water partition coefficient (Wildman–Crippen LogP) is 5.86. The van der Waals surface area contributed by atoms with E-state index in [4.69, 9.17) is 18.9 Å². The number of hydrogen-bond donors (Lipinski definition) is 2. The number of fused-ring (bicyclic) bond motifs is 1. The first-order valence-electron chi connectivity index (χ1n) is 14.6. The highest BCUT2D eigenvalue weighted by atomic mass is 16.5. The second kappa shape index (κ2) is 14.8. The molecule has 7 heteroatoms. The molecule has 1 saturated heterocycles. The zero-order valence-corrected chi connectivity index (χ0v) is 24.4. The van der Waals surface area contributed by atoms with Crippen LogP contribution in [0.4, 0.5) is 0 Å². The van der Waals surface area contributed by atoms with Gasteiger partial charge in [-0.3, -0.25) is 0 Å². The maximum atomic E-state index is 11.9. The first-order valence-corrected chi connectivity index (χ1v) is 14.6. The summed E-state index contributed by atoms with van der Waals surface area (Å²) in [5, 5.41) is 9.47. The minimum absolute atomic E-state index is 0.316. The van der Waals surface area contributed by atoms with E-state index < -0.39 is 0 Å². The molecule has 0 amide bonds. The predicted molar refractivity (Wildman–Crippen MR) is 165 cm³/mol. The molecule has 2 N–H and O–H groups in total. The first-order chi connectivity index (χ1) is 20.6. The van der Waals surface area contributed by atoms with Crippen molar-refractivity contribution in [3.05, 3.63) is 107 Å². The Morgan fingerprint density at radius 1 is 0.929 bits per heavy atom. The van der Waals surface area contributed by atoms with Gasteiger partial charge in [0.15, 0.2) is 0 Å². The highest BCUT2D eigenvalue weighted by Crippen LogP contribution is 2.28. The lowest BCUT2D eigenvalue weighted by Crippen LogP contribution is -2.47. The standard InChI is InChI=1S/C35H40N2O5/c1-39-34-7-4-3-6-30(34)24-41-18-5-19-42-31-14-12-26(13-15-31)32-16-17-36-23-33(32)37-22-25-8-9-28-21-29(35(38)40-2)11-10-27(28)20-25/h3-4,6-15,20-21,32-33,36-37H,5,16-19,22-24H2,1-2H3/t32-,33?/m0/s1. The number of methoxy groups -OCH3 is 2. The van der Waals surface area contributed by atoms with Crippen LogP contribution < -0.4 is 20.1 Å². The van der Waals surface area contributed by atoms with Gasteiger partial charge in [0, 0.05) is 37.0 Å². The Morgan fingerprint density at radius 3 is 2.57 bits per heavy atom. The molecule has 1 aliphatic heterocycles. The Balaban J connectivity index is 1.09. The van der Waals surface area contributed by atoms with E-state index in [0.717, 1.165) is 60.3 Å². The lowest BCUT2D eigenvalue weighted by atomic mass is 9.86. The molecule has 0 spiro atoms. The fourth-order valence-corrected chi connectivity index (χ4v) is 5.54. The van der Waals surface area contributed by atoms with Crippen molar-refractivity contribution in [2.75, 3.05) is 40.5 Å². The number of para-hydroxylation sites is 1. The largest absolute Gasteiger partial charge is 0.496 e. The van der Waals surface area contributed by atoms with Gasteiger partial charge in [0.05, 0.1) is 39.6 Å². The molecule has 4 aromatic carbocycles. The van der Waals surface area contributed by atoms with Crippen LogP contribution in [0.2, 0.25) is 0 Å². The topological polar surface area (TPSA) is 78.1 Å². The molecule has 0 radical (unpaired) electrons. The van der Waals surface area contributed by atoms with Crippen LogP contribution in [-0.2, 0) is 22.6 Å². The average Bonchev–Trinajstić information content (AvgIpc) is 3.05. The first kappa shape index (κ1) is 29.6. The Hall–Kier alpha value is -3.91. The molecule has 42 heavy (non-hydrogen) atoms. The van der Waals surface area contributed by atoms with Crippen molar-refractivity contribution in [1.82, 2.24) is 10.6 Å². The van der Waals surface area contributed by atoms with E-state index in [-0.39, 0.29) is 5.97 Å². The van der Waals surface area contributed by atoms with Crippen molar-refractivity contribution in [3.8, 4) is 11.5 Å². The molecular weight excluding hydrogens is 528 g/mol. The zero-order valence-electron chi connectivity index (χ0n) is 24.4. The lowest BCUT2D eigenvalue weighted by molar-refractivity contribution is 0.0601. The Morgan fingerprint density at radius 2 is 1.74 bits per heavy atom. The number of carbonyl (C=O) groups excluding carboxylic acids is 1. The molecule has 2 atom stereocenters. The summed E-state index contributed by atoms with van der Waals surface area (Å²) in [6, 6.07) is 28.9. The molecule has 0 aliphatic carbocycles. The van der Waals surface area contributed by atoms with Crippen LogP contribution in [0.3, 0.4) is 0 Å². The summed E-state index contributed by atoms with van der Waals surface area (Å²) >= 11 is 0. The van der Waals surface area contributed by atoms with Crippen LogP contribution in [0.5, 0.6) is 11.5 Å². The quantitative estimate of drug-likeness (QED) is 0.155. The molecule has 4 aromatic rings. The number of esters is 1. The van der Waals surface area contributed by atoms with Gasteiger partial charge in [-0.1, -0.05) is 48.5 Å². The molecule has 0 aromatic heterocycles. The molecule has 0 saturated carbocycles. The van der Waals surface area contributed by atoms with Crippen molar-refractivity contribution in [3.63, 3.8) is 0 Å². The highest BCUT2D eigenvalue weighted by Gasteiger charge is 2.26. The van der Waals surface area contributed by atoms with Crippen LogP contribution in [0.25, 0.3) is 10.8 Å². The van der Waals surface area contributed by atoms with Gasteiger partial charge in [-0.25, -0.2) is 4.79 Å². The summed E-state index contributed by atoms with van der Waals surface area (Å²) < 4.78 is 22.0. The third kappa shape index (κ3) is 7.68. The number of benzene rings is 4. The van der Waals surface area contributed by atoms with Gasteiger partial charge in [0.25, 0.3) is 0 Å². The average molecular weight is 569 g/mol. The number of piperidine rings is 1.